The van der Waals surface area contributed by atoms with Crippen molar-refractivity contribution in [2.75, 3.05) is 5.75 Å². The Labute approximate surface area is 163 Å². The molecule has 0 bridgehead atoms. The van der Waals surface area contributed by atoms with Crippen LogP contribution in [0.15, 0.2) is 5.03 Å². The van der Waals surface area contributed by atoms with E-state index in [4.69, 9.17) is 4.98 Å². The highest BCUT2D eigenvalue weighted by Crippen LogP contribution is 2.39. The van der Waals surface area contributed by atoms with Gasteiger partial charge in [0.2, 0.25) is 5.91 Å². The van der Waals surface area contributed by atoms with E-state index in [1.807, 2.05) is 18.3 Å². The van der Waals surface area contributed by atoms with Gasteiger partial charge in [-0.15, -0.1) is 11.3 Å². The minimum atomic E-state index is 0.149. The zero-order valence-corrected chi connectivity index (χ0v) is 17.1. The molecular formula is C20H27N3OS2. The SMILES string of the molecule is Cc1nc(SCC(=O)NC2CCCCCC2)c2c3c(sc2n1)CCCC3. The summed E-state index contributed by atoms with van der Waals surface area (Å²) in [6, 6.07) is 0.367. The van der Waals surface area contributed by atoms with E-state index in [0.717, 1.165) is 34.9 Å². The maximum atomic E-state index is 12.5. The van der Waals surface area contributed by atoms with Crippen molar-refractivity contribution < 1.29 is 4.79 Å². The number of carbonyl (C=O) groups excluding carboxylic acids is 1. The molecule has 1 fully saturated rings. The summed E-state index contributed by atoms with van der Waals surface area (Å²) in [6.07, 6.45) is 12.2. The van der Waals surface area contributed by atoms with Crippen LogP contribution in [0.3, 0.4) is 0 Å². The summed E-state index contributed by atoms with van der Waals surface area (Å²) >= 11 is 3.42. The lowest BCUT2D eigenvalue weighted by atomic mass is 9.97. The predicted octanol–water partition coefficient (Wildman–Crippen LogP) is 4.81. The van der Waals surface area contributed by atoms with Crippen LogP contribution in [0.1, 0.15) is 67.6 Å². The van der Waals surface area contributed by atoms with Gasteiger partial charge in [-0.05, 0) is 51.0 Å². The molecule has 26 heavy (non-hydrogen) atoms. The van der Waals surface area contributed by atoms with Crippen molar-refractivity contribution in [3.8, 4) is 0 Å². The van der Waals surface area contributed by atoms with Crippen LogP contribution >= 0.6 is 23.1 Å². The summed E-state index contributed by atoms with van der Waals surface area (Å²) in [4.78, 5) is 24.4. The fourth-order valence-corrected chi connectivity index (χ4v) is 6.44. The number of nitrogens with one attached hydrogen (secondary N) is 1. The van der Waals surface area contributed by atoms with E-state index in [1.165, 1.54) is 60.8 Å². The first-order chi connectivity index (χ1) is 12.7. The molecule has 2 aliphatic carbocycles. The van der Waals surface area contributed by atoms with E-state index in [-0.39, 0.29) is 5.91 Å². The number of nitrogens with zero attached hydrogens (tertiary/aromatic N) is 2. The van der Waals surface area contributed by atoms with Crippen molar-refractivity contribution in [2.24, 2.45) is 0 Å². The molecule has 0 saturated heterocycles. The van der Waals surface area contributed by atoms with Crippen molar-refractivity contribution >= 4 is 39.2 Å². The van der Waals surface area contributed by atoms with Crippen LogP contribution in [0.5, 0.6) is 0 Å². The predicted molar refractivity (Wildman–Crippen MR) is 109 cm³/mol. The van der Waals surface area contributed by atoms with Gasteiger partial charge in [0.05, 0.1) is 5.75 Å². The summed E-state index contributed by atoms with van der Waals surface area (Å²) in [7, 11) is 0. The minimum Gasteiger partial charge on any atom is -0.353 e. The van der Waals surface area contributed by atoms with E-state index >= 15 is 0 Å². The molecule has 2 aromatic heterocycles. The molecule has 1 saturated carbocycles. The van der Waals surface area contributed by atoms with Crippen LogP contribution in [0, 0.1) is 6.92 Å². The summed E-state index contributed by atoms with van der Waals surface area (Å²) < 4.78 is 0. The Morgan fingerprint density at radius 1 is 1.12 bits per heavy atom. The number of hydrogen-bond donors (Lipinski definition) is 1. The third-order valence-electron chi connectivity index (χ3n) is 5.45. The number of thioether (sulfide) groups is 1. The van der Waals surface area contributed by atoms with Crippen molar-refractivity contribution in [1.29, 1.82) is 0 Å². The van der Waals surface area contributed by atoms with Crippen LogP contribution in [0.25, 0.3) is 10.2 Å². The number of rotatable bonds is 4. The Bertz CT molecular complexity index is 794. The Hall–Kier alpha value is -1.14. The van der Waals surface area contributed by atoms with E-state index in [0.29, 0.717) is 11.8 Å². The summed E-state index contributed by atoms with van der Waals surface area (Å²) in [5.41, 5.74) is 1.45. The highest BCUT2D eigenvalue weighted by Gasteiger charge is 2.22. The Morgan fingerprint density at radius 3 is 2.69 bits per heavy atom. The zero-order chi connectivity index (χ0) is 17.9. The third-order valence-corrected chi connectivity index (χ3v) is 7.61. The van der Waals surface area contributed by atoms with Crippen molar-refractivity contribution in [3.05, 3.63) is 16.3 Å². The lowest BCUT2D eigenvalue weighted by Crippen LogP contribution is -2.35. The first-order valence-corrected chi connectivity index (χ1v) is 11.7. The largest absolute Gasteiger partial charge is 0.353 e. The molecule has 0 aromatic carbocycles. The molecule has 0 aliphatic heterocycles. The standard InChI is InChI=1S/C20H27N3OS2/c1-13-21-19(18-15-10-6-7-11-16(15)26-20(18)22-13)25-12-17(24)23-14-8-4-2-3-5-9-14/h14H,2-12H2,1H3,(H,23,24). The van der Waals surface area contributed by atoms with Crippen molar-refractivity contribution in [3.63, 3.8) is 0 Å². The number of aromatic nitrogens is 2. The van der Waals surface area contributed by atoms with Gasteiger partial charge in [-0.2, -0.15) is 0 Å². The molecule has 0 spiro atoms. The summed E-state index contributed by atoms with van der Waals surface area (Å²) in [5.74, 6) is 1.41. The number of carbonyl (C=O) groups is 1. The van der Waals surface area contributed by atoms with Crippen LogP contribution in [-0.4, -0.2) is 27.7 Å². The zero-order valence-electron chi connectivity index (χ0n) is 15.5. The molecule has 4 nitrogen and oxygen atoms in total. The molecule has 1 N–H and O–H groups in total. The van der Waals surface area contributed by atoms with Crippen LogP contribution in [-0.2, 0) is 17.6 Å². The monoisotopic (exact) mass is 389 g/mol. The number of aryl methyl sites for hydroxylation is 3. The fraction of sp³-hybridized carbons (Fsp3) is 0.650. The molecule has 4 rings (SSSR count). The van der Waals surface area contributed by atoms with Crippen LogP contribution < -0.4 is 5.32 Å². The van der Waals surface area contributed by atoms with Gasteiger partial charge in [-0.1, -0.05) is 37.4 Å². The van der Waals surface area contributed by atoms with Crippen LogP contribution in [0.4, 0.5) is 0 Å². The first kappa shape index (κ1) is 18.2. The number of hydrogen-bond acceptors (Lipinski definition) is 5. The van der Waals surface area contributed by atoms with Gasteiger partial charge in [0.15, 0.2) is 0 Å². The molecular weight excluding hydrogens is 362 g/mol. The van der Waals surface area contributed by atoms with Crippen molar-refractivity contribution in [1.82, 2.24) is 15.3 Å². The molecule has 0 radical (unpaired) electrons. The second-order valence-electron chi connectivity index (χ2n) is 7.51. The average Bonchev–Trinajstić information content (AvgIpc) is 2.80. The third kappa shape index (κ3) is 4.06. The maximum Gasteiger partial charge on any atom is 0.230 e. The molecule has 6 heteroatoms. The number of amides is 1. The molecule has 0 atom stereocenters. The van der Waals surface area contributed by atoms with Crippen LogP contribution in [0.2, 0.25) is 0 Å². The molecule has 2 aromatic rings. The fourth-order valence-electron chi connectivity index (χ4n) is 4.16. The summed E-state index contributed by atoms with van der Waals surface area (Å²) in [6.45, 7) is 1.95. The number of fused-ring (bicyclic) bond motifs is 3. The second kappa shape index (κ2) is 8.26. The maximum absolute atomic E-state index is 12.5. The Balaban J connectivity index is 1.48. The molecule has 2 aliphatic rings. The van der Waals surface area contributed by atoms with Crippen molar-refractivity contribution in [2.45, 2.75) is 82.2 Å². The Morgan fingerprint density at radius 2 is 1.88 bits per heavy atom. The average molecular weight is 390 g/mol. The van der Waals surface area contributed by atoms with Gasteiger partial charge in [0.1, 0.15) is 15.7 Å². The summed E-state index contributed by atoms with van der Waals surface area (Å²) in [5, 5.41) is 5.47. The van der Waals surface area contributed by atoms with Gasteiger partial charge in [0.25, 0.3) is 0 Å². The van der Waals surface area contributed by atoms with Gasteiger partial charge >= 0.3 is 0 Å². The lowest BCUT2D eigenvalue weighted by molar-refractivity contribution is -0.119. The van der Waals surface area contributed by atoms with Gasteiger partial charge < -0.3 is 5.32 Å². The first-order valence-electron chi connectivity index (χ1n) is 9.92. The topological polar surface area (TPSA) is 54.9 Å². The number of thiophene rings is 1. The highest BCUT2D eigenvalue weighted by atomic mass is 32.2. The quantitative estimate of drug-likeness (QED) is 0.463. The van der Waals surface area contributed by atoms with E-state index in [1.54, 1.807) is 11.8 Å². The smallest absolute Gasteiger partial charge is 0.230 e. The minimum absolute atomic E-state index is 0.149. The van der Waals surface area contributed by atoms with Gasteiger partial charge in [0, 0.05) is 16.3 Å². The van der Waals surface area contributed by atoms with E-state index < -0.39 is 0 Å². The van der Waals surface area contributed by atoms with Gasteiger partial charge in [-0.3, -0.25) is 4.79 Å². The molecule has 140 valence electrons. The van der Waals surface area contributed by atoms with E-state index in [2.05, 4.69) is 10.3 Å². The molecule has 1 amide bonds. The van der Waals surface area contributed by atoms with Gasteiger partial charge in [-0.25, -0.2) is 9.97 Å². The normalized spacial score (nSPS) is 18.5. The lowest BCUT2D eigenvalue weighted by Gasteiger charge is -2.16. The highest BCUT2D eigenvalue weighted by molar-refractivity contribution is 8.00. The molecule has 0 unspecified atom stereocenters. The van der Waals surface area contributed by atoms with E-state index in [9.17, 15) is 4.79 Å². The second-order valence-corrected chi connectivity index (χ2v) is 9.56. The Kier molecular flexibility index (Phi) is 5.79. The molecule has 2 heterocycles.